The number of rotatable bonds is 5. The lowest BCUT2D eigenvalue weighted by Gasteiger charge is -2.22. The summed E-state index contributed by atoms with van der Waals surface area (Å²) in [4.78, 5) is 38.9. The van der Waals surface area contributed by atoms with Crippen molar-refractivity contribution < 1.29 is 14.0 Å². The molecule has 1 aliphatic carbocycles. The molecule has 11 heteroatoms. The van der Waals surface area contributed by atoms with Crippen molar-refractivity contribution in [1.29, 1.82) is 0 Å². The SMILES string of the molecule is O=C(Nc1nc(C2=NNC(=O)C(Nc3ccncn3)C2)ccc1F)c1cc2c(s1)CCCC2. The zero-order chi connectivity index (χ0) is 22.8. The van der Waals surface area contributed by atoms with Crippen molar-refractivity contribution in [3.8, 4) is 0 Å². The smallest absolute Gasteiger partial charge is 0.266 e. The fraction of sp³-hybridized carbons (Fsp3) is 0.273. The average molecular weight is 466 g/mol. The molecule has 168 valence electrons. The Balaban J connectivity index is 1.33. The van der Waals surface area contributed by atoms with Gasteiger partial charge in [0.15, 0.2) is 11.6 Å². The Morgan fingerprint density at radius 1 is 1.21 bits per heavy atom. The molecule has 3 aromatic heterocycles. The number of carbonyl (C=O) groups is 2. The summed E-state index contributed by atoms with van der Waals surface area (Å²) in [6.07, 6.45) is 7.33. The second kappa shape index (κ2) is 9.02. The number of nitrogens with one attached hydrogen (secondary N) is 3. The highest BCUT2D eigenvalue weighted by Crippen LogP contribution is 2.30. The number of carbonyl (C=O) groups excluding carboxylic acids is 2. The predicted octanol–water partition coefficient (Wildman–Crippen LogP) is 2.91. The molecule has 0 saturated heterocycles. The van der Waals surface area contributed by atoms with Gasteiger partial charge in [0.05, 0.1) is 16.3 Å². The van der Waals surface area contributed by atoms with E-state index in [9.17, 15) is 14.0 Å². The van der Waals surface area contributed by atoms with Gasteiger partial charge in [-0.15, -0.1) is 11.3 Å². The zero-order valence-electron chi connectivity index (χ0n) is 17.5. The topological polar surface area (TPSA) is 121 Å². The van der Waals surface area contributed by atoms with Gasteiger partial charge >= 0.3 is 0 Å². The van der Waals surface area contributed by atoms with Crippen LogP contribution in [0.15, 0.2) is 41.9 Å². The molecule has 0 saturated carbocycles. The van der Waals surface area contributed by atoms with Gasteiger partial charge in [-0.1, -0.05) is 0 Å². The average Bonchev–Trinajstić information content (AvgIpc) is 3.27. The summed E-state index contributed by atoms with van der Waals surface area (Å²) in [6.45, 7) is 0. The largest absolute Gasteiger partial charge is 0.358 e. The first-order chi connectivity index (χ1) is 16.1. The molecule has 9 nitrogen and oxygen atoms in total. The number of fused-ring (bicyclic) bond motifs is 1. The summed E-state index contributed by atoms with van der Waals surface area (Å²) < 4.78 is 14.5. The second-order valence-electron chi connectivity index (χ2n) is 7.78. The summed E-state index contributed by atoms with van der Waals surface area (Å²) in [7, 11) is 0. The van der Waals surface area contributed by atoms with Crippen molar-refractivity contribution in [2.45, 2.75) is 38.1 Å². The van der Waals surface area contributed by atoms with Crippen LogP contribution in [0.5, 0.6) is 0 Å². The summed E-state index contributed by atoms with van der Waals surface area (Å²) in [5.74, 6) is -1.05. The summed E-state index contributed by atoms with van der Waals surface area (Å²) in [5, 5.41) is 9.68. The molecule has 1 unspecified atom stereocenters. The molecule has 0 aromatic carbocycles. The maximum absolute atomic E-state index is 14.5. The van der Waals surface area contributed by atoms with Gasteiger partial charge in [0.25, 0.3) is 11.8 Å². The summed E-state index contributed by atoms with van der Waals surface area (Å²) >= 11 is 1.45. The van der Waals surface area contributed by atoms with Gasteiger partial charge < -0.3 is 10.6 Å². The van der Waals surface area contributed by atoms with E-state index in [1.807, 2.05) is 6.07 Å². The summed E-state index contributed by atoms with van der Waals surface area (Å²) in [5.41, 5.74) is 4.46. The Bertz CT molecular complexity index is 1220. The molecular formula is C22H20FN7O2S. The monoisotopic (exact) mass is 465 g/mol. The molecule has 0 radical (unpaired) electrons. The van der Waals surface area contributed by atoms with Crippen LogP contribution in [0.4, 0.5) is 16.0 Å². The minimum atomic E-state index is -0.649. The number of thiophene rings is 1. The highest BCUT2D eigenvalue weighted by molar-refractivity contribution is 7.14. The van der Waals surface area contributed by atoms with E-state index in [1.54, 1.807) is 12.3 Å². The van der Waals surface area contributed by atoms with Crippen molar-refractivity contribution in [3.05, 3.63) is 63.6 Å². The number of anilines is 2. The fourth-order valence-electron chi connectivity index (χ4n) is 3.83. The van der Waals surface area contributed by atoms with Gasteiger partial charge in [0.2, 0.25) is 0 Å². The molecule has 3 aromatic rings. The van der Waals surface area contributed by atoms with Crippen LogP contribution < -0.4 is 16.1 Å². The van der Waals surface area contributed by atoms with Crippen molar-refractivity contribution in [2.75, 3.05) is 10.6 Å². The van der Waals surface area contributed by atoms with E-state index >= 15 is 0 Å². The Morgan fingerprint density at radius 2 is 2.09 bits per heavy atom. The molecule has 33 heavy (non-hydrogen) atoms. The van der Waals surface area contributed by atoms with Crippen LogP contribution in [0.1, 0.15) is 45.1 Å². The van der Waals surface area contributed by atoms with Crippen LogP contribution in [0.25, 0.3) is 0 Å². The molecule has 0 spiro atoms. The second-order valence-corrected chi connectivity index (χ2v) is 8.91. The number of hydrogen-bond donors (Lipinski definition) is 3. The normalized spacial score (nSPS) is 17.5. The standard InChI is InChI=1S/C22H20FN7O2S/c23-13-5-6-14(15-10-16(21(31)30-29-15)26-19-7-8-24-11-25-19)27-20(13)28-22(32)18-9-12-3-1-2-4-17(12)33-18/h5-9,11,16H,1-4,10H2,(H,30,31)(H,24,25,26)(H,27,28,32). The maximum atomic E-state index is 14.5. The Kier molecular flexibility index (Phi) is 5.78. The third-order valence-electron chi connectivity index (χ3n) is 5.51. The number of pyridine rings is 1. The number of halogens is 1. The van der Waals surface area contributed by atoms with Crippen molar-refractivity contribution >= 4 is 40.5 Å². The Hall–Kier alpha value is -3.73. The first-order valence-corrected chi connectivity index (χ1v) is 11.4. The molecule has 1 atom stereocenters. The van der Waals surface area contributed by atoms with Crippen LogP contribution >= 0.6 is 11.3 Å². The van der Waals surface area contributed by atoms with Crippen molar-refractivity contribution in [1.82, 2.24) is 20.4 Å². The first kappa shape index (κ1) is 21.1. The third-order valence-corrected chi connectivity index (χ3v) is 6.75. The lowest BCUT2D eigenvalue weighted by atomic mass is 9.99. The molecule has 2 aliphatic rings. The molecule has 0 bridgehead atoms. The number of aryl methyl sites for hydroxylation is 2. The number of aromatic nitrogens is 3. The highest BCUT2D eigenvalue weighted by atomic mass is 32.1. The Morgan fingerprint density at radius 3 is 2.91 bits per heavy atom. The molecular weight excluding hydrogens is 445 g/mol. The molecule has 4 heterocycles. The van der Waals surface area contributed by atoms with Gasteiger partial charge in [-0.2, -0.15) is 5.10 Å². The van der Waals surface area contributed by atoms with Gasteiger partial charge in [-0.25, -0.2) is 24.8 Å². The molecule has 5 rings (SSSR count). The van der Waals surface area contributed by atoms with Crippen molar-refractivity contribution in [2.24, 2.45) is 5.10 Å². The third kappa shape index (κ3) is 4.58. The van der Waals surface area contributed by atoms with Crippen LogP contribution in [-0.4, -0.2) is 38.5 Å². The van der Waals surface area contributed by atoms with Crippen LogP contribution in [0, 0.1) is 5.82 Å². The minimum Gasteiger partial charge on any atom is -0.358 e. The quantitative estimate of drug-likeness (QED) is 0.533. The van der Waals surface area contributed by atoms with Crippen LogP contribution in [-0.2, 0) is 17.6 Å². The molecule has 2 amide bonds. The molecule has 1 aliphatic heterocycles. The van der Waals surface area contributed by atoms with Gasteiger partial charge in [-0.3, -0.25) is 9.59 Å². The van der Waals surface area contributed by atoms with Crippen LogP contribution in [0.2, 0.25) is 0 Å². The fourth-order valence-corrected chi connectivity index (χ4v) is 4.98. The van der Waals surface area contributed by atoms with E-state index in [0.29, 0.717) is 22.1 Å². The van der Waals surface area contributed by atoms with Gasteiger partial charge in [0.1, 0.15) is 18.2 Å². The summed E-state index contributed by atoms with van der Waals surface area (Å²) in [6, 6.07) is 5.58. The lowest BCUT2D eigenvalue weighted by Crippen LogP contribution is -2.43. The van der Waals surface area contributed by atoms with E-state index in [-0.39, 0.29) is 24.1 Å². The highest BCUT2D eigenvalue weighted by Gasteiger charge is 2.27. The van der Waals surface area contributed by atoms with Gasteiger partial charge in [0, 0.05) is 17.5 Å². The number of hydrazone groups is 1. The van der Waals surface area contributed by atoms with Crippen molar-refractivity contribution in [3.63, 3.8) is 0 Å². The number of hydrogen-bond acceptors (Lipinski definition) is 8. The molecule has 0 fully saturated rings. The number of amides is 2. The van der Waals surface area contributed by atoms with Crippen LogP contribution in [0.3, 0.4) is 0 Å². The zero-order valence-corrected chi connectivity index (χ0v) is 18.3. The van der Waals surface area contributed by atoms with E-state index in [2.05, 4.69) is 36.1 Å². The van der Waals surface area contributed by atoms with E-state index in [4.69, 9.17) is 0 Å². The van der Waals surface area contributed by atoms with E-state index < -0.39 is 11.9 Å². The van der Waals surface area contributed by atoms with Gasteiger partial charge in [-0.05, 0) is 55.5 Å². The lowest BCUT2D eigenvalue weighted by molar-refractivity contribution is -0.122. The maximum Gasteiger partial charge on any atom is 0.266 e. The minimum absolute atomic E-state index is 0.177. The molecule has 3 N–H and O–H groups in total. The predicted molar refractivity (Wildman–Crippen MR) is 122 cm³/mol. The van der Waals surface area contributed by atoms with E-state index in [0.717, 1.165) is 25.7 Å². The Labute approximate surface area is 192 Å². The number of nitrogens with zero attached hydrogens (tertiary/aromatic N) is 4. The first-order valence-electron chi connectivity index (χ1n) is 10.6. The van der Waals surface area contributed by atoms with E-state index in [1.165, 1.54) is 40.2 Å².